The topological polar surface area (TPSA) is 39.4 Å². The summed E-state index contributed by atoms with van der Waals surface area (Å²) in [6, 6.07) is 10.8. The minimum Gasteiger partial charge on any atom is -0.464 e. The zero-order valence-electron chi connectivity index (χ0n) is 8.55. The maximum atomic E-state index is 11.1. The number of hydrogen-bond donors (Lipinski definition) is 0. The van der Waals surface area contributed by atoms with Crippen molar-refractivity contribution in [2.45, 2.75) is 0 Å². The van der Waals surface area contributed by atoms with Crippen molar-refractivity contribution in [3.8, 4) is 17.1 Å². The average Bonchev–Trinajstić information content (AvgIpc) is 2.83. The summed E-state index contributed by atoms with van der Waals surface area (Å²) in [7, 11) is 0. The summed E-state index contributed by atoms with van der Waals surface area (Å²) in [5, 5.41) is 0. The van der Waals surface area contributed by atoms with Gasteiger partial charge in [-0.05, 0) is 24.3 Å². The average molecular weight is 214 g/mol. The number of carbonyl (C=O) groups excluding carboxylic acids is 1. The number of ether oxygens (including phenoxy) is 1. The molecule has 0 saturated heterocycles. The van der Waals surface area contributed by atoms with Gasteiger partial charge in [0.1, 0.15) is 11.5 Å². The lowest BCUT2D eigenvalue weighted by atomic mass is 10.1. The second kappa shape index (κ2) is 4.49. The van der Waals surface area contributed by atoms with Gasteiger partial charge in [-0.1, -0.05) is 18.7 Å². The van der Waals surface area contributed by atoms with Gasteiger partial charge in [-0.25, -0.2) is 4.79 Å². The van der Waals surface area contributed by atoms with Gasteiger partial charge >= 0.3 is 5.97 Å². The Hall–Kier alpha value is -2.29. The second-order valence-corrected chi connectivity index (χ2v) is 3.10. The highest BCUT2D eigenvalue weighted by Gasteiger charge is 2.09. The molecule has 0 aliphatic heterocycles. The van der Waals surface area contributed by atoms with Crippen LogP contribution in [0.2, 0.25) is 0 Å². The van der Waals surface area contributed by atoms with Gasteiger partial charge in [-0.3, -0.25) is 0 Å². The summed E-state index contributed by atoms with van der Waals surface area (Å²) in [4.78, 5) is 11.1. The van der Waals surface area contributed by atoms with Crippen molar-refractivity contribution in [2.75, 3.05) is 0 Å². The van der Waals surface area contributed by atoms with E-state index in [0.717, 1.165) is 11.6 Å². The van der Waals surface area contributed by atoms with Crippen LogP contribution in [0.1, 0.15) is 0 Å². The Kier molecular flexibility index (Phi) is 2.87. The van der Waals surface area contributed by atoms with Gasteiger partial charge in [0.2, 0.25) is 0 Å². The van der Waals surface area contributed by atoms with E-state index in [9.17, 15) is 4.79 Å². The SMILES string of the molecule is C=CC(=O)Oc1ccccc1-c1ccco1. The highest BCUT2D eigenvalue weighted by molar-refractivity contribution is 5.85. The largest absolute Gasteiger partial charge is 0.464 e. The summed E-state index contributed by atoms with van der Waals surface area (Å²) in [5.41, 5.74) is 0.739. The molecule has 0 aliphatic carbocycles. The van der Waals surface area contributed by atoms with Crippen molar-refractivity contribution in [3.05, 3.63) is 55.3 Å². The summed E-state index contributed by atoms with van der Waals surface area (Å²) >= 11 is 0. The lowest BCUT2D eigenvalue weighted by molar-refractivity contribution is -0.128. The van der Waals surface area contributed by atoms with E-state index in [1.54, 1.807) is 30.5 Å². The van der Waals surface area contributed by atoms with E-state index in [4.69, 9.17) is 9.15 Å². The second-order valence-electron chi connectivity index (χ2n) is 3.10. The van der Waals surface area contributed by atoms with E-state index in [2.05, 4.69) is 6.58 Å². The Morgan fingerprint density at radius 1 is 1.25 bits per heavy atom. The molecule has 1 aromatic heterocycles. The third-order valence-corrected chi connectivity index (χ3v) is 2.05. The third kappa shape index (κ3) is 2.03. The molecule has 2 rings (SSSR count). The highest BCUT2D eigenvalue weighted by atomic mass is 16.5. The van der Waals surface area contributed by atoms with Gasteiger partial charge in [0.05, 0.1) is 11.8 Å². The molecule has 1 aromatic carbocycles. The highest BCUT2D eigenvalue weighted by Crippen LogP contribution is 2.29. The monoisotopic (exact) mass is 214 g/mol. The number of furan rings is 1. The lowest BCUT2D eigenvalue weighted by Gasteiger charge is -2.05. The van der Waals surface area contributed by atoms with Gasteiger partial charge in [-0.2, -0.15) is 0 Å². The molecule has 16 heavy (non-hydrogen) atoms. The Morgan fingerprint density at radius 2 is 2.06 bits per heavy atom. The molecule has 0 aliphatic rings. The lowest BCUT2D eigenvalue weighted by Crippen LogP contribution is -2.03. The van der Waals surface area contributed by atoms with Crippen LogP contribution in [0, 0.1) is 0 Å². The van der Waals surface area contributed by atoms with Crippen molar-refractivity contribution in [2.24, 2.45) is 0 Å². The van der Waals surface area contributed by atoms with E-state index in [1.807, 2.05) is 12.1 Å². The number of hydrogen-bond acceptors (Lipinski definition) is 3. The number of benzene rings is 1. The van der Waals surface area contributed by atoms with Crippen LogP contribution in [0.3, 0.4) is 0 Å². The molecular formula is C13H10O3. The van der Waals surface area contributed by atoms with Gasteiger partial charge in [0.15, 0.2) is 0 Å². The molecule has 0 atom stereocenters. The zero-order valence-corrected chi connectivity index (χ0v) is 8.55. The van der Waals surface area contributed by atoms with Crippen LogP contribution in [-0.4, -0.2) is 5.97 Å². The fourth-order valence-corrected chi connectivity index (χ4v) is 1.34. The van der Waals surface area contributed by atoms with Crippen LogP contribution >= 0.6 is 0 Å². The van der Waals surface area contributed by atoms with Crippen molar-refractivity contribution in [3.63, 3.8) is 0 Å². The molecule has 3 heteroatoms. The van der Waals surface area contributed by atoms with E-state index >= 15 is 0 Å². The molecule has 0 spiro atoms. The predicted molar refractivity (Wildman–Crippen MR) is 60.0 cm³/mol. The van der Waals surface area contributed by atoms with Crippen LogP contribution < -0.4 is 4.74 Å². The quantitative estimate of drug-likeness (QED) is 0.448. The molecule has 2 aromatic rings. The molecule has 80 valence electrons. The molecule has 3 nitrogen and oxygen atoms in total. The Labute approximate surface area is 93.0 Å². The fourth-order valence-electron chi connectivity index (χ4n) is 1.34. The first kappa shape index (κ1) is 10.2. The van der Waals surface area contributed by atoms with Crippen LogP contribution in [0.15, 0.2) is 59.7 Å². The first-order valence-electron chi connectivity index (χ1n) is 4.78. The van der Waals surface area contributed by atoms with Crippen LogP contribution in [-0.2, 0) is 4.79 Å². The number of para-hydroxylation sites is 1. The predicted octanol–water partition coefficient (Wildman–Crippen LogP) is 3.04. The van der Waals surface area contributed by atoms with E-state index in [0.29, 0.717) is 11.5 Å². The maximum Gasteiger partial charge on any atom is 0.335 e. The first-order valence-corrected chi connectivity index (χ1v) is 4.78. The maximum absolute atomic E-state index is 11.1. The normalized spacial score (nSPS) is 9.75. The number of rotatable bonds is 3. The number of esters is 1. The molecule has 0 bridgehead atoms. The van der Waals surface area contributed by atoms with Crippen LogP contribution in [0.5, 0.6) is 5.75 Å². The van der Waals surface area contributed by atoms with E-state index < -0.39 is 5.97 Å². The first-order chi connectivity index (χ1) is 7.81. The zero-order chi connectivity index (χ0) is 11.4. The molecular weight excluding hydrogens is 204 g/mol. The summed E-state index contributed by atoms with van der Waals surface area (Å²) < 4.78 is 10.4. The van der Waals surface area contributed by atoms with Gasteiger partial charge in [-0.15, -0.1) is 0 Å². The Bertz CT molecular complexity index is 498. The minimum absolute atomic E-state index is 0.461. The summed E-state index contributed by atoms with van der Waals surface area (Å²) in [6.07, 6.45) is 2.69. The van der Waals surface area contributed by atoms with E-state index in [1.165, 1.54) is 0 Å². The van der Waals surface area contributed by atoms with Gasteiger partial charge in [0.25, 0.3) is 0 Å². The molecule has 0 fully saturated rings. The van der Waals surface area contributed by atoms with Gasteiger partial charge < -0.3 is 9.15 Å². The molecule has 0 unspecified atom stereocenters. The van der Waals surface area contributed by atoms with Crippen molar-refractivity contribution in [1.29, 1.82) is 0 Å². The smallest absolute Gasteiger partial charge is 0.335 e. The minimum atomic E-state index is -0.487. The summed E-state index contributed by atoms with van der Waals surface area (Å²) in [5.74, 6) is 0.633. The van der Waals surface area contributed by atoms with Crippen LogP contribution in [0.25, 0.3) is 11.3 Å². The fraction of sp³-hybridized carbons (Fsp3) is 0. The van der Waals surface area contributed by atoms with Gasteiger partial charge in [0, 0.05) is 6.08 Å². The molecule has 0 amide bonds. The third-order valence-electron chi connectivity index (χ3n) is 2.05. The summed E-state index contributed by atoms with van der Waals surface area (Å²) in [6.45, 7) is 3.35. The Morgan fingerprint density at radius 3 is 2.75 bits per heavy atom. The molecule has 0 radical (unpaired) electrons. The van der Waals surface area contributed by atoms with E-state index in [-0.39, 0.29) is 0 Å². The number of carbonyl (C=O) groups is 1. The van der Waals surface area contributed by atoms with Crippen molar-refractivity contribution >= 4 is 5.97 Å². The molecule has 0 saturated carbocycles. The standard InChI is InChI=1S/C13H10O3/c1-2-13(14)16-12-7-4-3-6-10(12)11-8-5-9-15-11/h2-9H,1H2. The molecule has 0 N–H and O–H groups in total. The van der Waals surface area contributed by atoms with Crippen molar-refractivity contribution in [1.82, 2.24) is 0 Å². The van der Waals surface area contributed by atoms with Crippen molar-refractivity contribution < 1.29 is 13.9 Å². The Balaban J connectivity index is 2.38. The molecule has 1 heterocycles. The van der Waals surface area contributed by atoms with Crippen LogP contribution in [0.4, 0.5) is 0 Å².